The molecule has 24 heavy (non-hydrogen) atoms. The van der Waals surface area contributed by atoms with E-state index in [0.29, 0.717) is 24.6 Å². The van der Waals surface area contributed by atoms with Gasteiger partial charge < -0.3 is 14.5 Å². The van der Waals surface area contributed by atoms with E-state index in [4.69, 9.17) is 4.74 Å². The maximum atomic E-state index is 12.5. The summed E-state index contributed by atoms with van der Waals surface area (Å²) in [7, 11) is 3.41. The number of carbonyl (C=O) groups excluding carboxylic acids is 2. The second kappa shape index (κ2) is 6.55. The first-order chi connectivity index (χ1) is 11.4. The minimum atomic E-state index is -0.321. The molecule has 1 aromatic rings. The molecule has 0 aromatic carbocycles. The van der Waals surface area contributed by atoms with Crippen molar-refractivity contribution >= 4 is 11.8 Å². The number of amides is 2. The third kappa shape index (κ3) is 2.81. The molecule has 3 heterocycles. The molecule has 2 amide bonds. The molecule has 0 N–H and O–H groups in total. The van der Waals surface area contributed by atoms with Crippen molar-refractivity contribution in [2.24, 2.45) is 13.0 Å². The molecule has 7 heteroatoms. The van der Waals surface area contributed by atoms with Crippen molar-refractivity contribution in [3.8, 4) is 0 Å². The van der Waals surface area contributed by atoms with Crippen LogP contribution in [0.5, 0.6) is 0 Å². The molecule has 0 spiro atoms. The average molecular weight is 334 g/mol. The Hall–Kier alpha value is -1.89. The first kappa shape index (κ1) is 17.0. The Morgan fingerprint density at radius 2 is 2.00 bits per heavy atom. The molecular weight excluding hydrogens is 308 g/mol. The van der Waals surface area contributed by atoms with Crippen molar-refractivity contribution in [1.29, 1.82) is 0 Å². The van der Waals surface area contributed by atoms with Crippen LogP contribution in [0, 0.1) is 5.92 Å². The lowest BCUT2D eigenvalue weighted by Gasteiger charge is -2.53. The highest BCUT2D eigenvalue weighted by Crippen LogP contribution is 2.36. The summed E-state index contributed by atoms with van der Waals surface area (Å²) < 4.78 is 7.05. The number of carbonyl (C=O) groups is 2. The smallest absolute Gasteiger partial charge is 0.257 e. The molecular formula is C17H26N4O3. The summed E-state index contributed by atoms with van der Waals surface area (Å²) in [5.41, 5.74) is 0.633. The topological polar surface area (TPSA) is 67.7 Å². The zero-order valence-electron chi connectivity index (χ0n) is 14.8. The van der Waals surface area contributed by atoms with Gasteiger partial charge in [-0.15, -0.1) is 0 Å². The molecule has 1 aromatic heterocycles. The van der Waals surface area contributed by atoms with Gasteiger partial charge >= 0.3 is 0 Å². The Morgan fingerprint density at radius 3 is 2.50 bits per heavy atom. The Kier molecular flexibility index (Phi) is 4.62. The van der Waals surface area contributed by atoms with Crippen LogP contribution in [0.15, 0.2) is 12.4 Å². The van der Waals surface area contributed by atoms with Gasteiger partial charge in [0.25, 0.3) is 11.8 Å². The van der Waals surface area contributed by atoms with Crippen molar-refractivity contribution in [3.05, 3.63) is 18.0 Å². The molecule has 2 aliphatic rings. The second-order valence-corrected chi connectivity index (χ2v) is 7.02. The molecule has 0 radical (unpaired) electrons. The van der Waals surface area contributed by atoms with Gasteiger partial charge in [-0.2, -0.15) is 5.10 Å². The molecule has 132 valence electrons. The molecule has 2 aliphatic heterocycles. The predicted octanol–water partition coefficient (Wildman–Crippen LogP) is 0.907. The number of piperidine rings is 1. The van der Waals surface area contributed by atoms with E-state index in [-0.39, 0.29) is 30.0 Å². The number of β-lactam (4-membered cyclic amide) rings is 1. The van der Waals surface area contributed by atoms with E-state index in [1.807, 2.05) is 30.7 Å². The van der Waals surface area contributed by atoms with Crippen molar-refractivity contribution in [2.45, 2.75) is 44.9 Å². The Bertz CT molecular complexity index is 619. The van der Waals surface area contributed by atoms with Crippen molar-refractivity contribution in [2.75, 3.05) is 20.2 Å². The van der Waals surface area contributed by atoms with Crippen molar-refractivity contribution in [1.82, 2.24) is 19.6 Å². The fourth-order valence-corrected chi connectivity index (χ4v) is 3.98. The van der Waals surface area contributed by atoms with Gasteiger partial charge in [0.15, 0.2) is 6.10 Å². The standard InChI is InChI=1S/C17H26N4O3/c1-11(2)21-14(15(24-4)17(21)23)12-5-7-20(8-6-12)16(22)13-9-18-19(3)10-13/h9-12,14-15H,5-8H2,1-4H3/t14-,15+/m0/s1. The molecule has 3 rings (SSSR count). The number of aryl methyl sites for hydroxylation is 1. The largest absolute Gasteiger partial charge is 0.369 e. The number of aromatic nitrogens is 2. The van der Waals surface area contributed by atoms with Gasteiger partial charge in [-0.05, 0) is 32.6 Å². The number of nitrogens with zero attached hydrogens (tertiary/aromatic N) is 4. The maximum Gasteiger partial charge on any atom is 0.257 e. The predicted molar refractivity (Wildman–Crippen MR) is 88.4 cm³/mol. The molecule has 0 aliphatic carbocycles. The Labute approximate surface area is 142 Å². The minimum absolute atomic E-state index is 0.0373. The Morgan fingerprint density at radius 1 is 1.33 bits per heavy atom. The summed E-state index contributed by atoms with van der Waals surface area (Å²) in [5.74, 6) is 0.509. The van der Waals surface area contributed by atoms with E-state index in [1.54, 1.807) is 24.2 Å². The highest BCUT2D eigenvalue weighted by molar-refractivity contribution is 5.93. The van der Waals surface area contributed by atoms with Crippen LogP contribution < -0.4 is 0 Å². The fraction of sp³-hybridized carbons (Fsp3) is 0.706. The van der Waals surface area contributed by atoms with Crippen LogP contribution in [0.2, 0.25) is 0 Å². The van der Waals surface area contributed by atoms with E-state index in [2.05, 4.69) is 5.10 Å². The molecule has 7 nitrogen and oxygen atoms in total. The van der Waals surface area contributed by atoms with Crippen LogP contribution in [-0.4, -0.2) is 69.8 Å². The van der Waals surface area contributed by atoms with Gasteiger partial charge in [0.2, 0.25) is 0 Å². The van der Waals surface area contributed by atoms with Crippen LogP contribution in [-0.2, 0) is 16.6 Å². The summed E-state index contributed by atoms with van der Waals surface area (Å²) in [6.07, 6.45) is 4.83. The monoisotopic (exact) mass is 334 g/mol. The number of methoxy groups -OCH3 is 1. The van der Waals surface area contributed by atoms with Crippen LogP contribution >= 0.6 is 0 Å². The van der Waals surface area contributed by atoms with Crippen LogP contribution in [0.3, 0.4) is 0 Å². The molecule has 0 saturated carbocycles. The fourth-order valence-electron chi connectivity index (χ4n) is 3.98. The van der Waals surface area contributed by atoms with Crippen molar-refractivity contribution in [3.63, 3.8) is 0 Å². The third-order valence-electron chi connectivity index (χ3n) is 5.20. The summed E-state index contributed by atoms with van der Waals surface area (Å²) >= 11 is 0. The molecule has 0 bridgehead atoms. The summed E-state index contributed by atoms with van der Waals surface area (Å²) in [6, 6.07) is 0.321. The number of likely N-dealkylation sites (tertiary alicyclic amines) is 2. The lowest BCUT2D eigenvalue weighted by atomic mass is 9.79. The number of rotatable bonds is 4. The van der Waals surface area contributed by atoms with E-state index in [9.17, 15) is 9.59 Å². The first-order valence-corrected chi connectivity index (χ1v) is 8.57. The SMILES string of the molecule is CO[C@H]1C(=O)N(C(C)C)[C@H]1C1CCN(C(=O)c2cnn(C)c2)CC1. The van der Waals surface area contributed by atoms with Crippen molar-refractivity contribution < 1.29 is 14.3 Å². The van der Waals surface area contributed by atoms with E-state index in [1.165, 1.54) is 0 Å². The highest BCUT2D eigenvalue weighted by atomic mass is 16.5. The molecule has 2 atom stereocenters. The quantitative estimate of drug-likeness (QED) is 0.768. The summed E-state index contributed by atoms with van der Waals surface area (Å²) in [4.78, 5) is 28.5. The molecule has 2 saturated heterocycles. The van der Waals surface area contributed by atoms with Gasteiger partial charge in [-0.1, -0.05) is 0 Å². The average Bonchev–Trinajstić information content (AvgIpc) is 2.98. The van der Waals surface area contributed by atoms with Crippen LogP contribution in [0.4, 0.5) is 0 Å². The summed E-state index contributed by atoms with van der Waals surface area (Å²) in [6.45, 7) is 5.51. The number of hydrogen-bond donors (Lipinski definition) is 0. The lowest BCUT2D eigenvalue weighted by Crippen LogP contribution is -2.70. The zero-order valence-corrected chi connectivity index (χ0v) is 14.8. The summed E-state index contributed by atoms with van der Waals surface area (Å²) in [5, 5.41) is 4.07. The van der Waals surface area contributed by atoms with Crippen LogP contribution in [0.1, 0.15) is 37.0 Å². The third-order valence-corrected chi connectivity index (χ3v) is 5.20. The van der Waals surface area contributed by atoms with E-state index >= 15 is 0 Å². The zero-order chi connectivity index (χ0) is 17.4. The van der Waals surface area contributed by atoms with Gasteiger partial charge in [0, 0.05) is 39.5 Å². The normalized spacial score (nSPS) is 25.3. The maximum absolute atomic E-state index is 12.5. The van der Waals surface area contributed by atoms with Gasteiger partial charge in [0.05, 0.1) is 17.8 Å². The highest BCUT2D eigenvalue weighted by Gasteiger charge is 2.52. The number of hydrogen-bond acceptors (Lipinski definition) is 4. The first-order valence-electron chi connectivity index (χ1n) is 8.57. The second-order valence-electron chi connectivity index (χ2n) is 7.02. The van der Waals surface area contributed by atoms with Gasteiger partial charge in [0.1, 0.15) is 0 Å². The van der Waals surface area contributed by atoms with Crippen LogP contribution in [0.25, 0.3) is 0 Å². The van der Waals surface area contributed by atoms with E-state index < -0.39 is 0 Å². The Balaban J connectivity index is 1.62. The number of ether oxygens (including phenoxy) is 1. The lowest BCUT2D eigenvalue weighted by molar-refractivity contribution is -0.181. The minimum Gasteiger partial charge on any atom is -0.369 e. The van der Waals surface area contributed by atoms with E-state index in [0.717, 1.165) is 12.8 Å². The van der Waals surface area contributed by atoms with Gasteiger partial charge in [-0.3, -0.25) is 14.3 Å². The molecule has 2 fully saturated rings. The van der Waals surface area contributed by atoms with Gasteiger partial charge in [-0.25, -0.2) is 0 Å². The molecule has 0 unspecified atom stereocenters.